The number of aromatic amines is 1. The van der Waals surface area contributed by atoms with E-state index in [4.69, 9.17) is 15.2 Å². The molecule has 0 saturated carbocycles. The average Bonchev–Trinajstić information content (AvgIpc) is 3.04. The van der Waals surface area contributed by atoms with E-state index in [9.17, 15) is 9.59 Å². The smallest absolute Gasteiger partial charge is 0.328 e. The molecule has 3 aromatic rings. The molecule has 1 aromatic carbocycles. The van der Waals surface area contributed by atoms with Gasteiger partial charge < -0.3 is 24.9 Å². The SMILES string of the molecule is CC(C)COC=O.COCCOc1nc(N)c2[nH]c(=O)n(Cc3ccccc3)c2n1. The van der Waals surface area contributed by atoms with Gasteiger partial charge in [0.1, 0.15) is 12.1 Å². The summed E-state index contributed by atoms with van der Waals surface area (Å²) in [5.74, 6) is 0.622. The van der Waals surface area contributed by atoms with E-state index >= 15 is 0 Å². The van der Waals surface area contributed by atoms with Crippen molar-refractivity contribution in [3.05, 3.63) is 46.4 Å². The van der Waals surface area contributed by atoms with Crippen molar-refractivity contribution in [2.45, 2.75) is 20.4 Å². The van der Waals surface area contributed by atoms with Gasteiger partial charge in [-0.15, -0.1) is 0 Å². The number of carbonyl (C=O) groups excluding carboxylic acids is 1. The highest BCUT2D eigenvalue weighted by Gasteiger charge is 2.14. The number of H-pyrrole nitrogens is 1. The minimum Gasteiger partial charge on any atom is -0.468 e. The zero-order valence-electron chi connectivity index (χ0n) is 17.3. The summed E-state index contributed by atoms with van der Waals surface area (Å²) in [5, 5.41) is 0. The lowest BCUT2D eigenvalue weighted by molar-refractivity contribution is -0.129. The fourth-order valence-electron chi connectivity index (χ4n) is 2.46. The zero-order chi connectivity index (χ0) is 21.9. The summed E-state index contributed by atoms with van der Waals surface area (Å²) in [6, 6.07) is 9.74. The Hall–Kier alpha value is -3.40. The molecule has 0 aliphatic rings. The molecule has 0 unspecified atom stereocenters. The maximum absolute atomic E-state index is 12.2. The maximum Gasteiger partial charge on any atom is 0.328 e. The van der Waals surface area contributed by atoms with Crippen LogP contribution in [-0.2, 0) is 20.8 Å². The molecule has 0 radical (unpaired) electrons. The number of methoxy groups -OCH3 is 1. The monoisotopic (exact) mass is 417 g/mol. The van der Waals surface area contributed by atoms with Crippen LogP contribution in [0.1, 0.15) is 19.4 Å². The van der Waals surface area contributed by atoms with Crippen molar-refractivity contribution in [2.75, 3.05) is 32.7 Å². The lowest BCUT2D eigenvalue weighted by Gasteiger charge is -2.06. The number of aromatic nitrogens is 4. The number of nitrogens with one attached hydrogen (secondary N) is 1. The van der Waals surface area contributed by atoms with E-state index < -0.39 is 0 Å². The van der Waals surface area contributed by atoms with E-state index in [1.165, 1.54) is 4.57 Å². The van der Waals surface area contributed by atoms with Crippen molar-refractivity contribution in [3.8, 4) is 6.01 Å². The van der Waals surface area contributed by atoms with Crippen molar-refractivity contribution in [3.63, 3.8) is 0 Å². The molecule has 0 amide bonds. The van der Waals surface area contributed by atoms with E-state index in [-0.39, 0.29) is 17.5 Å². The quantitative estimate of drug-likeness (QED) is 0.396. The van der Waals surface area contributed by atoms with Gasteiger partial charge in [0.2, 0.25) is 0 Å². The summed E-state index contributed by atoms with van der Waals surface area (Å²) in [7, 11) is 1.57. The first-order valence-corrected chi connectivity index (χ1v) is 9.43. The summed E-state index contributed by atoms with van der Waals surface area (Å²) in [6.07, 6.45) is 0. The highest BCUT2D eigenvalue weighted by molar-refractivity contribution is 5.81. The minimum atomic E-state index is -0.293. The number of carbonyl (C=O) groups is 1. The van der Waals surface area contributed by atoms with E-state index in [1.54, 1.807) is 7.11 Å². The maximum atomic E-state index is 12.2. The first kappa shape index (κ1) is 22.9. The van der Waals surface area contributed by atoms with Crippen LogP contribution >= 0.6 is 0 Å². The number of ether oxygens (including phenoxy) is 3. The van der Waals surface area contributed by atoms with Crippen LogP contribution in [0.5, 0.6) is 6.01 Å². The lowest BCUT2D eigenvalue weighted by atomic mass is 10.2. The molecule has 3 rings (SSSR count). The highest BCUT2D eigenvalue weighted by atomic mass is 16.5. The third-order valence-electron chi connectivity index (χ3n) is 3.83. The number of anilines is 1. The normalized spacial score (nSPS) is 10.5. The van der Waals surface area contributed by atoms with Crippen molar-refractivity contribution < 1.29 is 19.0 Å². The number of nitrogens with zero attached hydrogens (tertiary/aromatic N) is 3. The van der Waals surface area contributed by atoms with Gasteiger partial charge in [-0.3, -0.25) is 9.36 Å². The zero-order valence-corrected chi connectivity index (χ0v) is 17.3. The molecule has 30 heavy (non-hydrogen) atoms. The van der Waals surface area contributed by atoms with Gasteiger partial charge in [-0.2, -0.15) is 9.97 Å². The minimum absolute atomic E-state index is 0.118. The van der Waals surface area contributed by atoms with Crippen molar-refractivity contribution >= 4 is 23.5 Å². The lowest BCUT2D eigenvalue weighted by Crippen LogP contribution is -2.17. The second-order valence-corrected chi connectivity index (χ2v) is 6.76. The van der Waals surface area contributed by atoms with Crippen LogP contribution < -0.4 is 16.2 Å². The van der Waals surface area contributed by atoms with Crippen molar-refractivity contribution in [1.29, 1.82) is 0 Å². The van der Waals surface area contributed by atoms with Gasteiger partial charge in [-0.1, -0.05) is 44.2 Å². The van der Waals surface area contributed by atoms with E-state index in [0.29, 0.717) is 49.9 Å². The number of hydrogen-bond acceptors (Lipinski definition) is 8. The third-order valence-corrected chi connectivity index (χ3v) is 3.83. The molecule has 10 heteroatoms. The van der Waals surface area contributed by atoms with Crippen molar-refractivity contribution in [1.82, 2.24) is 19.5 Å². The van der Waals surface area contributed by atoms with Gasteiger partial charge in [-0.25, -0.2) is 4.79 Å². The first-order chi connectivity index (χ1) is 14.5. The summed E-state index contributed by atoms with van der Waals surface area (Å²) in [4.78, 5) is 32.7. The Morgan fingerprint density at radius 3 is 2.53 bits per heavy atom. The number of imidazole rings is 1. The highest BCUT2D eigenvalue weighted by Crippen LogP contribution is 2.18. The summed E-state index contributed by atoms with van der Waals surface area (Å²) in [6.45, 7) is 6.07. The van der Waals surface area contributed by atoms with Gasteiger partial charge in [0, 0.05) is 7.11 Å². The molecule has 3 N–H and O–H groups in total. The molecule has 0 spiro atoms. The Labute approximate surface area is 174 Å². The molecule has 162 valence electrons. The number of rotatable bonds is 9. The van der Waals surface area contributed by atoms with E-state index in [0.717, 1.165) is 5.56 Å². The molecule has 0 aliphatic heterocycles. The van der Waals surface area contributed by atoms with Gasteiger partial charge in [0.05, 0.1) is 19.8 Å². The van der Waals surface area contributed by atoms with E-state index in [1.807, 2.05) is 44.2 Å². The van der Waals surface area contributed by atoms with Gasteiger partial charge in [0.25, 0.3) is 6.47 Å². The fourth-order valence-corrected chi connectivity index (χ4v) is 2.46. The van der Waals surface area contributed by atoms with Crippen LogP contribution in [-0.4, -0.2) is 52.9 Å². The predicted octanol–water partition coefficient (Wildman–Crippen LogP) is 1.59. The number of hydrogen-bond donors (Lipinski definition) is 2. The Kier molecular flexibility index (Phi) is 8.82. The van der Waals surface area contributed by atoms with Gasteiger partial charge >= 0.3 is 11.7 Å². The molecule has 0 bridgehead atoms. The molecule has 10 nitrogen and oxygen atoms in total. The first-order valence-electron chi connectivity index (χ1n) is 9.43. The van der Waals surface area contributed by atoms with E-state index in [2.05, 4.69) is 19.7 Å². The van der Waals surface area contributed by atoms with Gasteiger partial charge in [0.15, 0.2) is 11.5 Å². The Morgan fingerprint density at radius 2 is 1.93 bits per heavy atom. The Bertz CT molecular complexity index is 984. The number of nitrogen functional groups attached to an aromatic ring is 1. The van der Waals surface area contributed by atoms with Crippen LogP contribution in [0.15, 0.2) is 35.1 Å². The molecule has 0 aliphatic carbocycles. The molecule has 0 saturated heterocycles. The van der Waals surface area contributed by atoms with Crippen LogP contribution in [0.3, 0.4) is 0 Å². The van der Waals surface area contributed by atoms with Crippen LogP contribution in [0, 0.1) is 5.92 Å². The molecule has 2 heterocycles. The molecule has 0 fully saturated rings. The molecular weight excluding hydrogens is 390 g/mol. The Balaban J connectivity index is 0.000000396. The largest absolute Gasteiger partial charge is 0.468 e. The number of benzene rings is 1. The van der Waals surface area contributed by atoms with Gasteiger partial charge in [-0.05, 0) is 11.5 Å². The topological polar surface area (TPSA) is 134 Å². The Morgan fingerprint density at radius 1 is 1.20 bits per heavy atom. The predicted molar refractivity (Wildman–Crippen MR) is 112 cm³/mol. The second-order valence-electron chi connectivity index (χ2n) is 6.76. The van der Waals surface area contributed by atoms with Crippen LogP contribution in [0.4, 0.5) is 5.82 Å². The fraction of sp³-hybridized carbons (Fsp3) is 0.400. The summed E-state index contributed by atoms with van der Waals surface area (Å²) in [5.41, 5.74) is 7.40. The number of fused-ring (bicyclic) bond motifs is 1. The number of nitrogens with two attached hydrogens (primary N) is 1. The summed E-state index contributed by atoms with van der Waals surface area (Å²) >= 11 is 0. The standard InChI is InChI=1S/C15H17N5O3.C5H10O2/c1-22-7-8-23-14-18-12(16)11-13(19-14)20(15(21)17-11)9-10-5-3-2-4-6-10;1-5(2)3-7-4-6/h2-6H,7-9H2,1H3,(H,17,21)(H2,16,18,19);4-5H,3H2,1-2H3. The molecule has 2 aromatic heterocycles. The van der Waals surface area contributed by atoms with Crippen molar-refractivity contribution in [2.24, 2.45) is 5.92 Å². The summed E-state index contributed by atoms with van der Waals surface area (Å²) < 4.78 is 16.2. The van der Waals surface area contributed by atoms with Crippen LogP contribution in [0.25, 0.3) is 11.2 Å². The molecular formula is C20H27N5O5. The molecule has 0 atom stereocenters. The second kappa shape index (κ2) is 11.6. The van der Waals surface area contributed by atoms with Crippen LogP contribution in [0.2, 0.25) is 0 Å². The average molecular weight is 417 g/mol. The third kappa shape index (κ3) is 6.59.